The SMILES string of the molecule is CCC=CCC=CCC=CCC=O. The Labute approximate surface area is 80.8 Å². The zero-order valence-corrected chi connectivity index (χ0v) is 8.28. The predicted molar refractivity (Wildman–Crippen MR) is 57.6 cm³/mol. The van der Waals surface area contributed by atoms with Crippen LogP contribution in [-0.4, -0.2) is 6.29 Å². The average Bonchev–Trinajstić information content (AvgIpc) is 2.16. The molecule has 0 aliphatic carbocycles. The van der Waals surface area contributed by atoms with Crippen molar-refractivity contribution in [3.8, 4) is 0 Å². The van der Waals surface area contributed by atoms with Gasteiger partial charge in [0.05, 0.1) is 0 Å². The van der Waals surface area contributed by atoms with Crippen LogP contribution in [0.4, 0.5) is 0 Å². The summed E-state index contributed by atoms with van der Waals surface area (Å²) in [6.45, 7) is 2.13. The first-order valence-electron chi connectivity index (χ1n) is 4.80. The Bertz CT molecular complexity index is 187. The lowest BCUT2D eigenvalue weighted by Crippen LogP contribution is -1.66. The van der Waals surface area contributed by atoms with Gasteiger partial charge < -0.3 is 4.79 Å². The molecule has 0 bridgehead atoms. The normalized spacial score (nSPS) is 12.1. The molecule has 0 rings (SSSR count). The minimum Gasteiger partial charge on any atom is -0.303 e. The third-order valence-corrected chi connectivity index (χ3v) is 1.51. The van der Waals surface area contributed by atoms with Gasteiger partial charge in [-0.2, -0.15) is 0 Å². The van der Waals surface area contributed by atoms with Crippen molar-refractivity contribution in [3.63, 3.8) is 0 Å². The molecule has 0 saturated heterocycles. The van der Waals surface area contributed by atoms with E-state index in [2.05, 4.69) is 31.2 Å². The number of carbonyl (C=O) groups is 1. The highest BCUT2D eigenvalue weighted by Gasteiger charge is 1.73. The Balaban J connectivity index is 3.30. The van der Waals surface area contributed by atoms with E-state index in [1.165, 1.54) is 0 Å². The molecular formula is C12H18O. The first kappa shape index (κ1) is 11.9. The van der Waals surface area contributed by atoms with E-state index in [0.717, 1.165) is 25.5 Å². The molecule has 0 radical (unpaired) electrons. The molecule has 0 N–H and O–H groups in total. The number of carbonyl (C=O) groups excluding carboxylic acids is 1. The largest absolute Gasteiger partial charge is 0.303 e. The third kappa shape index (κ3) is 10.9. The molecule has 0 unspecified atom stereocenters. The summed E-state index contributed by atoms with van der Waals surface area (Å²) in [6, 6.07) is 0. The summed E-state index contributed by atoms with van der Waals surface area (Å²) in [5.41, 5.74) is 0. The molecule has 0 aromatic heterocycles. The standard InChI is InChI=1S/C12H18O/c1-2-3-4-5-6-7-8-9-10-11-12-13/h3-4,6-7,9-10,12H,2,5,8,11H2,1H3. The van der Waals surface area contributed by atoms with Crippen molar-refractivity contribution in [2.45, 2.75) is 32.6 Å². The molecule has 0 amide bonds. The van der Waals surface area contributed by atoms with Gasteiger partial charge in [-0.3, -0.25) is 0 Å². The van der Waals surface area contributed by atoms with Crippen LogP contribution in [0.15, 0.2) is 36.5 Å². The van der Waals surface area contributed by atoms with E-state index in [9.17, 15) is 4.79 Å². The number of hydrogen-bond donors (Lipinski definition) is 0. The van der Waals surface area contributed by atoms with Crippen LogP contribution in [0.2, 0.25) is 0 Å². The van der Waals surface area contributed by atoms with Crippen LogP contribution in [0.25, 0.3) is 0 Å². The molecule has 1 heteroatoms. The minimum atomic E-state index is 0.531. The summed E-state index contributed by atoms with van der Waals surface area (Å²) < 4.78 is 0. The molecule has 0 heterocycles. The summed E-state index contributed by atoms with van der Waals surface area (Å²) >= 11 is 0. The zero-order valence-electron chi connectivity index (χ0n) is 8.28. The molecule has 0 aliphatic heterocycles. The zero-order chi connectivity index (χ0) is 9.78. The quantitative estimate of drug-likeness (QED) is 0.431. The van der Waals surface area contributed by atoms with Gasteiger partial charge in [0.15, 0.2) is 0 Å². The van der Waals surface area contributed by atoms with Gasteiger partial charge in [0, 0.05) is 6.42 Å². The summed E-state index contributed by atoms with van der Waals surface area (Å²) in [6.07, 6.45) is 16.9. The number of aldehydes is 1. The monoisotopic (exact) mass is 178 g/mol. The highest BCUT2D eigenvalue weighted by atomic mass is 16.1. The van der Waals surface area contributed by atoms with Gasteiger partial charge >= 0.3 is 0 Å². The molecule has 0 fully saturated rings. The lowest BCUT2D eigenvalue weighted by molar-refractivity contribution is -0.107. The van der Waals surface area contributed by atoms with E-state index in [1.807, 2.05) is 12.2 Å². The Kier molecular flexibility index (Phi) is 9.96. The number of rotatable bonds is 7. The van der Waals surface area contributed by atoms with E-state index in [-0.39, 0.29) is 0 Å². The van der Waals surface area contributed by atoms with Gasteiger partial charge in [-0.1, -0.05) is 43.4 Å². The summed E-state index contributed by atoms with van der Waals surface area (Å²) in [5, 5.41) is 0. The van der Waals surface area contributed by atoms with Crippen molar-refractivity contribution >= 4 is 6.29 Å². The van der Waals surface area contributed by atoms with Crippen LogP contribution >= 0.6 is 0 Å². The van der Waals surface area contributed by atoms with Gasteiger partial charge in [-0.15, -0.1) is 0 Å². The van der Waals surface area contributed by atoms with Crippen molar-refractivity contribution in [2.75, 3.05) is 0 Å². The Morgan fingerprint density at radius 3 is 1.69 bits per heavy atom. The molecule has 72 valence electrons. The van der Waals surface area contributed by atoms with E-state index < -0.39 is 0 Å². The summed E-state index contributed by atoms with van der Waals surface area (Å²) in [7, 11) is 0. The lowest BCUT2D eigenvalue weighted by atomic mass is 10.2. The second kappa shape index (κ2) is 10.9. The van der Waals surface area contributed by atoms with Gasteiger partial charge in [-0.25, -0.2) is 0 Å². The summed E-state index contributed by atoms with van der Waals surface area (Å²) in [5.74, 6) is 0. The topological polar surface area (TPSA) is 17.1 Å². The molecule has 0 aliphatic rings. The van der Waals surface area contributed by atoms with Crippen LogP contribution in [0.1, 0.15) is 32.6 Å². The highest BCUT2D eigenvalue weighted by molar-refractivity contribution is 5.51. The summed E-state index contributed by atoms with van der Waals surface area (Å²) in [4.78, 5) is 9.93. The molecular weight excluding hydrogens is 160 g/mol. The Morgan fingerprint density at radius 1 is 0.769 bits per heavy atom. The molecule has 0 spiro atoms. The van der Waals surface area contributed by atoms with Gasteiger partial charge in [-0.05, 0) is 19.3 Å². The van der Waals surface area contributed by atoms with Gasteiger partial charge in [0.25, 0.3) is 0 Å². The molecule has 0 aromatic rings. The highest BCUT2D eigenvalue weighted by Crippen LogP contribution is 1.92. The number of allylic oxidation sites excluding steroid dienone is 6. The fourth-order valence-corrected chi connectivity index (χ4v) is 0.860. The second-order valence-corrected chi connectivity index (χ2v) is 2.70. The maximum Gasteiger partial charge on any atom is 0.123 e. The Hall–Kier alpha value is -1.11. The van der Waals surface area contributed by atoms with Crippen LogP contribution in [0.3, 0.4) is 0 Å². The molecule has 0 aromatic carbocycles. The van der Waals surface area contributed by atoms with E-state index in [0.29, 0.717) is 6.42 Å². The first-order valence-corrected chi connectivity index (χ1v) is 4.80. The fraction of sp³-hybridized carbons (Fsp3) is 0.417. The lowest BCUT2D eigenvalue weighted by Gasteiger charge is -1.82. The van der Waals surface area contributed by atoms with Crippen molar-refractivity contribution in [1.82, 2.24) is 0 Å². The molecule has 0 atom stereocenters. The van der Waals surface area contributed by atoms with E-state index in [4.69, 9.17) is 0 Å². The van der Waals surface area contributed by atoms with Gasteiger partial charge in [0.1, 0.15) is 6.29 Å². The maximum absolute atomic E-state index is 9.93. The van der Waals surface area contributed by atoms with E-state index >= 15 is 0 Å². The Morgan fingerprint density at radius 2 is 1.23 bits per heavy atom. The molecule has 13 heavy (non-hydrogen) atoms. The van der Waals surface area contributed by atoms with Crippen molar-refractivity contribution in [3.05, 3.63) is 36.5 Å². The second-order valence-electron chi connectivity index (χ2n) is 2.70. The average molecular weight is 178 g/mol. The minimum absolute atomic E-state index is 0.531. The van der Waals surface area contributed by atoms with Crippen molar-refractivity contribution in [1.29, 1.82) is 0 Å². The first-order chi connectivity index (χ1) is 6.41. The smallest absolute Gasteiger partial charge is 0.123 e. The molecule has 1 nitrogen and oxygen atoms in total. The van der Waals surface area contributed by atoms with Gasteiger partial charge in [0.2, 0.25) is 0 Å². The predicted octanol–water partition coefficient (Wildman–Crippen LogP) is 3.43. The van der Waals surface area contributed by atoms with Crippen LogP contribution in [0.5, 0.6) is 0 Å². The maximum atomic E-state index is 9.93. The van der Waals surface area contributed by atoms with Crippen LogP contribution in [0, 0.1) is 0 Å². The van der Waals surface area contributed by atoms with E-state index in [1.54, 1.807) is 0 Å². The fourth-order valence-electron chi connectivity index (χ4n) is 0.860. The van der Waals surface area contributed by atoms with Crippen LogP contribution in [-0.2, 0) is 4.79 Å². The van der Waals surface area contributed by atoms with Crippen LogP contribution < -0.4 is 0 Å². The number of hydrogen-bond acceptors (Lipinski definition) is 1. The third-order valence-electron chi connectivity index (χ3n) is 1.51. The van der Waals surface area contributed by atoms with Crippen molar-refractivity contribution < 1.29 is 4.79 Å². The van der Waals surface area contributed by atoms with Crippen molar-refractivity contribution in [2.24, 2.45) is 0 Å². The molecule has 0 saturated carbocycles.